The Hall–Kier alpha value is -2.76. The molecule has 2 heterocycles. The topological polar surface area (TPSA) is 39.5 Å². The molecule has 0 aliphatic heterocycles. The van der Waals surface area contributed by atoms with Crippen molar-refractivity contribution >= 4 is 22.1 Å². The molecule has 0 unspecified atom stereocenters. The van der Waals surface area contributed by atoms with E-state index >= 15 is 0 Å². The molecule has 5 nitrogen and oxygen atoms in total. The first-order valence-corrected chi connectivity index (χ1v) is 9.96. The molecule has 0 saturated carbocycles. The number of hydrogen-bond acceptors (Lipinski definition) is 2. The Labute approximate surface area is 170 Å². The molecule has 6 heteroatoms. The lowest BCUT2D eigenvalue weighted by molar-refractivity contribution is -0.736. The first-order chi connectivity index (χ1) is 13.5. The number of imidazole rings is 1. The normalized spacial score (nSPS) is 13.0. The van der Waals surface area contributed by atoms with Crippen molar-refractivity contribution < 1.29 is 9.07 Å². The fourth-order valence-electron chi connectivity index (χ4n) is 3.82. The Balaban J connectivity index is 1.75. The Bertz CT molecular complexity index is 1220. The van der Waals surface area contributed by atoms with E-state index in [-0.39, 0.29) is 16.6 Å². The van der Waals surface area contributed by atoms with Crippen LogP contribution in [-0.4, -0.2) is 19.4 Å². The van der Waals surface area contributed by atoms with Crippen LogP contribution in [0.3, 0.4) is 0 Å². The van der Waals surface area contributed by atoms with Crippen molar-refractivity contribution in [3.8, 4) is 0 Å². The van der Waals surface area contributed by atoms with Gasteiger partial charge in [0.25, 0.3) is 0 Å². The molecule has 0 aliphatic carbocycles. The van der Waals surface area contributed by atoms with Crippen molar-refractivity contribution in [1.82, 2.24) is 19.4 Å². The summed E-state index contributed by atoms with van der Waals surface area (Å²) in [6.07, 6.45) is 1.65. The highest BCUT2D eigenvalue weighted by atomic mass is 19.1. The maximum absolute atomic E-state index is 14.6. The van der Waals surface area contributed by atoms with Gasteiger partial charge >= 0.3 is 0 Å². The minimum absolute atomic E-state index is 0.0753. The van der Waals surface area contributed by atoms with Crippen LogP contribution in [0.1, 0.15) is 45.7 Å². The van der Waals surface area contributed by atoms with E-state index in [1.165, 1.54) is 5.56 Å². The second-order valence-electron chi connectivity index (χ2n) is 9.67. The summed E-state index contributed by atoms with van der Waals surface area (Å²) in [4.78, 5) is 6.14. The number of fused-ring (bicyclic) bond motifs is 2. The monoisotopic (exact) mass is 394 g/mol. The van der Waals surface area contributed by atoms with Crippen molar-refractivity contribution in [3.05, 3.63) is 53.6 Å². The third-order valence-corrected chi connectivity index (χ3v) is 5.86. The summed E-state index contributed by atoms with van der Waals surface area (Å²) in [5.74, 6) is -0.281. The van der Waals surface area contributed by atoms with E-state index in [1.54, 1.807) is 12.4 Å². The molecule has 4 rings (SSSR count). The largest absolute Gasteiger partial charge is 0.334 e. The van der Waals surface area contributed by atoms with Gasteiger partial charge in [0.15, 0.2) is 5.82 Å². The number of aromatic nitrogens is 5. The van der Waals surface area contributed by atoms with Gasteiger partial charge in [-0.25, -0.2) is 9.37 Å². The summed E-state index contributed by atoms with van der Waals surface area (Å²) < 4.78 is 18.6. The minimum Gasteiger partial charge on any atom is -0.334 e. The van der Waals surface area contributed by atoms with Gasteiger partial charge in [0, 0.05) is 23.6 Å². The van der Waals surface area contributed by atoms with Gasteiger partial charge in [-0.2, -0.15) is 4.68 Å². The fraction of sp³-hybridized carbons (Fsp3) is 0.435. The molecule has 0 radical (unpaired) electrons. The molecule has 2 aromatic heterocycles. The SMILES string of the molecule is Cn1cnc2c(F)cc(C(C)(C)Cn3nc4cc(C(C)(C)C)ccc4[n+]3C)cc21. The van der Waals surface area contributed by atoms with Crippen LogP contribution >= 0.6 is 0 Å². The van der Waals surface area contributed by atoms with E-state index in [1.807, 2.05) is 29.5 Å². The molecule has 0 amide bonds. The summed E-state index contributed by atoms with van der Waals surface area (Å²) in [6, 6.07) is 10.1. The quantitative estimate of drug-likeness (QED) is 0.490. The highest BCUT2D eigenvalue weighted by Gasteiger charge is 2.29. The lowest BCUT2D eigenvalue weighted by Crippen LogP contribution is -2.43. The molecule has 0 atom stereocenters. The molecule has 0 fully saturated rings. The van der Waals surface area contributed by atoms with E-state index in [9.17, 15) is 4.39 Å². The second-order valence-corrected chi connectivity index (χ2v) is 9.67. The lowest BCUT2D eigenvalue weighted by Gasteiger charge is -2.23. The molecular formula is C23H29FN5+. The minimum atomic E-state index is -0.314. The van der Waals surface area contributed by atoms with Crippen LogP contribution in [0.25, 0.3) is 22.1 Å². The van der Waals surface area contributed by atoms with Crippen LogP contribution in [-0.2, 0) is 31.5 Å². The number of nitrogens with zero attached hydrogens (tertiary/aromatic N) is 5. The van der Waals surface area contributed by atoms with Gasteiger partial charge in [0.2, 0.25) is 11.0 Å². The van der Waals surface area contributed by atoms with E-state index < -0.39 is 0 Å². The lowest BCUT2D eigenvalue weighted by atomic mass is 9.84. The van der Waals surface area contributed by atoms with Crippen LogP contribution in [0.2, 0.25) is 0 Å². The first-order valence-electron chi connectivity index (χ1n) is 9.96. The number of halogens is 1. The van der Waals surface area contributed by atoms with Gasteiger partial charge in [-0.1, -0.05) is 40.7 Å². The Kier molecular flexibility index (Phi) is 4.30. The third-order valence-electron chi connectivity index (χ3n) is 5.86. The van der Waals surface area contributed by atoms with Crippen LogP contribution in [0.4, 0.5) is 4.39 Å². The first kappa shape index (κ1) is 19.6. The number of aryl methyl sites for hydroxylation is 2. The second kappa shape index (κ2) is 6.37. The number of rotatable bonds is 3. The number of benzene rings is 2. The molecule has 29 heavy (non-hydrogen) atoms. The van der Waals surface area contributed by atoms with E-state index in [4.69, 9.17) is 5.10 Å². The average Bonchev–Trinajstić information content (AvgIpc) is 3.15. The smallest absolute Gasteiger partial charge is 0.249 e. The van der Waals surface area contributed by atoms with Crippen molar-refractivity contribution in [2.24, 2.45) is 14.1 Å². The predicted molar refractivity (Wildman–Crippen MR) is 113 cm³/mol. The molecule has 0 spiro atoms. The molecule has 0 saturated heterocycles. The standard InChI is InChI=1S/C23H29FN5/c1-22(2,3)15-8-9-19-18(11-15)26-29(28(19)7)13-23(4,5)16-10-17(24)21-20(12-16)27(6)14-25-21/h8-12,14H,13H2,1-7H3/q+1. The zero-order valence-electron chi connectivity index (χ0n) is 18.3. The van der Waals surface area contributed by atoms with E-state index in [2.05, 4.69) is 62.5 Å². The zero-order valence-corrected chi connectivity index (χ0v) is 18.3. The van der Waals surface area contributed by atoms with Gasteiger partial charge in [0.05, 0.1) is 11.8 Å². The van der Waals surface area contributed by atoms with E-state index in [0.717, 1.165) is 22.1 Å². The van der Waals surface area contributed by atoms with Gasteiger partial charge < -0.3 is 4.57 Å². The van der Waals surface area contributed by atoms with Gasteiger partial charge in [-0.3, -0.25) is 0 Å². The molecule has 4 aromatic rings. The summed E-state index contributed by atoms with van der Waals surface area (Å²) in [7, 11) is 3.91. The Morgan fingerprint density at radius 2 is 1.76 bits per heavy atom. The molecule has 0 N–H and O–H groups in total. The van der Waals surface area contributed by atoms with Gasteiger partial charge in [-0.05, 0) is 39.5 Å². The van der Waals surface area contributed by atoms with Gasteiger partial charge in [0.1, 0.15) is 19.1 Å². The van der Waals surface area contributed by atoms with E-state index in [0.29, 0.717) is 12.1 Å². The molecule has 0 bridgehead atoms. The Morgan fingerprint density at radius 3 is 2.45 bits per heavy atom. The average molecular weight is 395 g/mol. The van der Waals surface area contributed by atoms with Crippen molar-refractivity contribution in [2.75, 3.05) is 0 Å². The van der Waals surface area contributed by atoms with Crippen molar-refractivity contribution in [1.29, 1.82) is 0 Å². The molecule has 0 aliphatic rings. The van der Waals surface area contributed by atoms with Crippen LogP contribution in [0.5, 0.6) is 0 Å². The van der Waals surface area contributed by atoms with Crippen LogP contribution in [0, 0.1) is 5.82 Å². The maximum Gasteiger partial charge on any atom is 0.249 e. The molecule has 2 aromatic carbocycles. The predicted octanol–water partition coefficient (Wildman–Crippen LogP) is 4.16. The highest BCUT2D eigenvalue weighted by Crippen LogP contribution is 2.30. The maximum atomic E-state index is 14.6. The molecular weight excluding hydrogens is 365 g/mol. The van der Waals surface area contributed by atoms with Gasteiger partial charge in [-0.15, -0.1) is 0 Å². The van der Waals surface area contributed by atoms with Crippen molar-refractivity contribution in [3.63, 3.8) is 0 Å². The summed E-state index contributed by atoms with van der Waals surface area (Å²) in [6.45, 7) is 11.5. The molecule has 152 valence electrons. The Morgan fingerprint density at radius 1 is 1.03 bits per heavy atom. The zero-order chi connectivity index (χ0) is 21.1. The fourth-order valence-corrected chi connectivity index (χ4v) is 3.82. The summed E-state index contributed by atoms with van der Waals surface area (Å²) in [5.41, 5.74) is 5.23. The highest BCUT2D eigenvalue weighted by molar-refractivity contribution is 5.77. The van der Waals surface area contributed by atoms with Crippen LogP contribution in [0.15, 0.2) is 36.7 Å². The van der Waals surface area contributed by atoms with Crippen molar-refractivity contribution in [2.45, 2.75) is 52.0 Å². The third kappa shape index (κ3) is 3.30. The number of hydrogen-bond donors (Lipinski definition) is 0. The van der Waals surface area contributed by atoms with Crippen LogP contribution < -0.4 is 4.68 Å². The summed E-state index contributed by atoms with van der Waals surface area (Å²) >= 11 is 0. The summed E-state index contributed by atoms with van der Waals surface area (Å²) in [5, 5.41) is 4.86.